The van der Waals surface area contributed by atoms with E-state index in [-0.39, 0.29) is 5.92 Å². The van der Waals surface area contributed by atoms with Crippen molar-refractivity contribution in [2.45, 2.75) is 46.5 Å². The SMILES string of the molecule is CCCC1=CC(CCOC)C(CC(C)C)(C(=O)O)C=C1. The molecule has 0 radical (unpaired) electrons. The van der Waals surface area contributed by atoms with Crippen LogP contribution in [-0.4, -0.2) is 24.8 Å². The lowest BCUT2D eigenvalue weighted by atomic mass is 9.66. The van der Waals surface area contributed by atoms with Crippen molar-refractivity contribution in [1.29, 1.82) is 0 Å². The van der Waals surface area contributed by atoms with Gasteiger partial charge in [-0.05, 0) is 31.1 Å². The first-order valence-corrected chi connectivity index (χ1v) is 7.58. The lowest BCUT2D eigenvalue weighted by Crippen LogP contribution is -2.39. The molecule has 0 aromatic heterocycles. The van der Waals surface area contributed by atoms with E-state index in [9.17, 15) is 9.90 Å². The van der Waals surface area contributed by atoms with Crippen molar-refractivity contribution in [3.63, 3.8) is 0 Å². The maximum absolute atomic E-state index is 11.9. The molecular weight excluding hydrogens is 252 g/mol. The van der Waals surface area contributed by atoms with E-state index in [1.54, 1.807) is 7.11 Å². The van der Waals surface area contributed by atoms with Gasteiger partial charge in [-0.3, -0.25) is 4.79 Å². The van der Waals surface area contributed by atoms with Gasteiger partial charge in [-0.1, -0.05) is 51.0 Å². The summed E-state index contributed by atoms with van der Waals surface area (Å²) in [6.45, 7) is 6.90. The maximum atomic E-state index is 11.9. The Morgan fingerprint density at radius 3 is 2.70 bits per heavy atom. The molecule has 0 aromatic carbocycles. The van der Waals surface area contributed by atoms with E-state index >= 15 is 0 Å². The molecule has 0 saturated carbocycles. The van der Waals surface area contributed by atoms with Gasteiger partial charge in [-0.2, -0.15) is 0 Å². The minimum absolute atomic E-state index is 0.0221. The Morgan fingerprint density at radius 1 is 1.50 bits per heavy atom. The Hall–Kier alpha value is -1.09. The second-order valence-electron chi connectivity index (χ2n) is 6.16. The van der Waals surface area contributed by atoms with Crippen molar-refractivity contribution in [2.75, 3.05) is 13.7 Å². The minimum atomic E-state index is -0.774. The average Bonchev–Trinajstić information content (AvgIpc) is 2.38. The predicted molar refractivity (Wildman–Crippen MR) is 81.6 cm³/mol. The summed E-state index contributed by atoms with van der Waals surface area (Å²) in [5.41, 5.74) is 0.485. The summed E-state index contributed by atoms with van der Waals surface area (Å²) in [4.78, 5) is 11.9. The first-order chi connectivity index (χ1) is 9.46. The zero-order chi connectivity index (χ0) is 15.2. The van der Waals surface area contributed by atoms with Crippen LogP contribution in [0.25, 0.3) is 0 Å². The fraction of sp³-hybridized carbons (Fsp3) is 0.706. The van der Waals surface area contributed by atoms with Gasteiger partial charge in [0.1, 0.15) is 0 Å². The van der Waals surface area contributed by atoms with Gasteiger partial charge in [0.15, 0.2) is 0 Å². The highest BCUT2D eigenvalue weighted by molar-refractivity contribution is 5.78. The molecule has 1 rings (SSSR count). The van der Waals surface area contributed by atoms with E-state index in [1.165, 1.54) is 5.57 Å². The molecule has 0 aromatic rings. The monoisotopic (exact) mass is 280 g/mol. The fourth-order valence-electron chi connectivity index (χ4n) is 3.10. The number of ether oxygens (including phenoxy) is 1. The van der Waals surface area contributed by atoms with E-state index < -0.39 is 11.4 Å². The molecule has 1 aliphatic rings. The number of hydrogen-bond donors (Lipinski definition) is 1. The van der Waals surface area contributed by atoms with Crippen molar-refractivity contribution >= 4 is 5.97 Å². The van der Waals surface area contributed by atoms with Crippen molar-refractivity contribution < 1.29 is 14.6 Å². The molecule has 3 heteroatoms. The Morgan fingerprint density at radius 2 is 2.20 bits per heavy atom. The number of carboxylic acids is 1. The van der Waals surface area contributed by atoms with Crippen molar-refractivity contribution in [2.24, 2.45) is 17.3 Å². The molecule has 2 unspecified atom stereocenters. The normalized spacial score (nSPS) is 25.9. The second kappa shape index (κ2) is 7.63. The fourth-order valence-corrected chi connectivity index (χ4v) is 3.10. The summed E-state index contributed by atoms with van der Waals surface area (Å²) in [5.74, 6) is -0.342. The van der Waals surface area contributed by atoms with Gasteiger partial charge in [0, 0.05) is 13.7 Å². The van der Waals surface area contributed by atoms with Gasteiger partial charge in [0.2, 0.25) is 0 Å². The summed E-state index contributed by atoms with van der Waals surface area (Å²) < 4.78 is 5.17. The lowest BCUT2D eigenvalue weighted by molar-refractivity contribution is -0.149. The summed E-state index contributed by atoms with van der Waals surface area (Å²) in [5, 5.41) is 9.80. The van der Waals surface area contributed by atoms with Crippen LogP contribution in [0.15, 0.2) is 23.8 Å². The molecule has 1 aliphatic carbocycles. The van der Waals surface area contributed by atoms with Gasteiger partial charge in [-0.25, -0.2) is 0 Å². The largest absolute Gasteiger partial charge is 0.481 e. The summed E-state index contributed by atoms with van der Waals surface area (Å²) >= 11 is 0. The highest BCUT2D eigenvalue weighted by Crippen LogP contribution is 2.43. The van der Waals surface area contributed by atoms with Crippen LogP contribution in [0.3, 0.4) is 0 Å². The summed E-state index contributed by atoms with van der Waals surface area (Å²) in [7, 11) is 1.67. The van der Waals surface area contributed by atoms with Crippen LogP contribution >= 0.6 is 0 Å². The average molecular weight is 280 g/mol. The van der Waals surface area contributed by atoms with Crippen molar-refractivity contribution in [1.82, 2.24) is 0 Å². The quantitative estimate of drug-likeness (QED) is 0.729. The first-order valence-electron chi connectivity index (χ1n) is 7.58. The molecule has 2 atom stereocenters. The number of allylic oxidation sites excluding steroid dienone is 3. The van der Waals surface area contributed by atoms with Crippen LogP contribution in [0.1, 0.15) is 46.5 Å². The lowest BCUT2D eigenvalue weighted by Gasteiger charge is -2.37. The molecule has 0 saturated heterocycles. The summed E-state index contributed by atoms with van der Waals surface area (Å²) in [6, 6.07) is 0. The molecule has 0 amide bonds. The molecule has 3 nitrogen and oxygen atoms in total. The molecule has 0 bridgehead atoms. The van der Waals surface area contributed by atoms with E-state index in [0.717, 1.165) is 19.3 Å². The number of rotatable bonds is 8. The third kappa shape index (κ3) is 3.95. The smallest absolute Gasteiger partial charge is 0.314 e. The van der Waals surface area contributed by atoms with Crippen molar-refractivity contribution in [3.8, 4) is 0 Å². The minimum Gasteiger partial charge on any atom is -0.481 e. The number of carboxylic acid groups (broad SMARTS) is 1. The summed E-state index contributed by atoms with van der Waals surface area (Å²) in [6.07, 6.45) is 9.63. The van der Waals surface area contributed by atoms with E-state index in [0.29, 0.717) is 18.9 Å². The third-order valence-corrected chi connectivity index (χ3v) is 3.99. The van der Waals surface area contributed by atoms with Crippen LogP contribution in [0.4, 0.5) is 0 Å². The van der Waals surface area contributed by atoms with Crippen LogP contribution in [-0.2, 0) is 9.53 Å². The van der Waals surface area contributed by atoms with Gasteiger partial charge < -0.3 is 9.84 Å². The van der Waals surface area contributed by atoms with E-state index in [2.05, 4.69) is 26.8 Å². The molecule has 0 spiro atoms. The third-order valence-electron chi connectivity index (χ3n) is 3.99. The predicted octanol–water partition coefficient (Wildman–Crippen LogP) is 4.05. The zero-order valence-electron chi connectivity index (χ0n) is 13.2. The van der Waals surface area contributed by atoms with Crippen LogP contribution in [0.5, 0.6) is 0 Å². The van der Waals surface area contributed by atoms with Gasteiger partial charge in [-0.15, -0.1) is 0 Å². The Labute approximate surface area is 122 Å². The molecule has 0 heterocycles. The van der Waals surface area contributed by atoms with Crippen LogP contribution in [0, 0.1) is 17.3 Å². The zero-order valence-corrected chi connectivity index (χ0v) is 13.2. The van der Waals surface area contributed by atoms with E-state index in [4.69, 9.17) is 4.74 Å². The van der Waals surface area contributed by atoms with Crippen LogP contribution < -0.4 is 0 Å². The van der Waals surface area contributed by atoms with Gasteiger partial charge in [0.05, 0.1) is 5.41 Å². The standard InChI is InChI=1S/C17H28O3/c1-5-6-14-7-9-17(16(18)19,12-13(2)3)15(11-14)8-10-20-4/h7,9,11,13,15H,5-6,8,10,12H2,1-4H3,(H,18,19). The molecule has 0 aliphatic heterocycles. The number of methoxy groups -OCH3 is 1. The number of carbonyl (C=O) groups is 1. The van der Waals surface area contributed by atoms with E-state index in [1.807, 2.05) is 12.2 Å². The maximum Gasteiger partial charge on any atom is 0.314 e. The molecular formula is C17H28O3. The Balaban J connectivity index is 3.06. The number of hydrogen-bond acceptors (Lipinski definition) is 2. The molecule has 1 N–H and O–H groups in total. The second-order valence-corrected chi connectivity index (χ2v) is 6.16. The first kappa shape index (κ1) is 17.0. The Bertz CT molecular complexity index is 382. The van der Waals surface area contributed by atoms with Crippen molar-refractivity contribution in [3.05, 3.63) is 23.8 Å². The Kier molecular flexibility index (Phi) is 6.47. The molecule has 114 valence electrons. The highest BCUT2D eigenvalue weighted by Gasteiger charge is 2.44. The van der Waals surface area contributed by atoms with Gasteiger partial charge >= 0.3 is 5.97 Å². The van der Waals surface area contributed by atoms with Crippen LogP contribution in [0.2, 0.25) is 0 Å². The molecule has 0 fully saturated rings. The highest BCUT2D eigenvalue weighted by atomic mass is 16.5. The van der Waals surface area contributed by atoms with Gasteiger partial charge in [0.25, 0.3) is 0 Å². The topological polar surface area (TPSA) is 46.5 Å². The number of aliphatic carboxylic acids is 1. The molecule has 20 heavy (non-hydrogen) atoms.